The first-order valence-electron chi connectivity index (χ1n) is 6.52. The topological polar surface area (TPSA) is 59.1 Å². The molecule has 3 rings (SSSR count). The Morgan fingerprint density at radius 1 is 1.09 bits per heavy atom. The van der Waals surface area contributed by atoms with Crippen LogP contribution < -0.4 is 4.72 Å². The van der Waals surface area contributed by atoms with Gasteiger partial charge in [0.1, 0.15) is 5.82 Å². The van der Waals surface area contributed by atoms with E-state index in [2.05, 4.69) is 9.71 Å². The Morgan fingerprint density at radius 2 is 1.77 bits per heavy atom. The summed E-state index contributed by atoms with van der Waals surface area (Å²) in [7, 11) is -3.77. The van der Waals surface area contributed by atoms with Gasteiger partial charge in [0.05, 0.1) is 15.1 Å². The predicted molar refractivity (Wildman–Crippen MR) is 86.3 cm³/mol. The van der Waals surface area contributed by atoms with E-state index in [1.807, 2.05) is 26.0 Å². The minimum absolute atomic E-state index is 0.000980. The van der Waals surface area contributed by atoms with Gasteiger partial charge in [0, 0.05) is 0 Å². The second-order valence-electron chi connectivity index (χ2n) is 4.93. The monoisotopic (exact) mass is 336 g/mol. The fourth-order valence-corrected chi connectivity index (χ4v) is 4.22. The molecule has 7 heteroatoms. The number of hydrogen-bond donors (Lipinski definition) is 1. The maximum absolute atomic E-state index is 12.9. The van der Waals surface area contributed by atoms with E-state index < -0.39 is 15.8 Å². The van der Waals surface area contributed by atoms with Gasteiger partial charge >= 0.3 is 0 Å². The number of aromatic nitrogens is 1. The molecule has 0 aliphatic rings. The molecule has 0 aliphatic heterocycles. The minimum Gasteiger partial charge on any atom is -0.255 e. The van der Waals surface area contributed by atoms with Crippen molar-refractivity contribution in [2.75, 3.05) is 4.72 Å². The molecular weight excluding hydrogens is 323 g/mol. The molecule has 0 unspecified atom stereocenters. The Kier molecular flexibility index (Phi) is 3.62. The zero-order chi connectivity index (χ0) is 15.9. The summed E-state index contributed by atoms with van der Waals surface area (Å²) in [4.78, 5) is 4.36. The first-order chi connectivity index (χ1) is 10.4. The second-order valence-corrected chi connectivity index (χ2v) is 7.65. The molecular formula is C15H13FN2O2S2. The highest BCUT2D eigenvalue weighted by molar-refractivity contribution is 7.93. The molecule has 0 atom stereocenters. The number of halogens is 1. The molecule has 4 nitrogen and oxygen atoms in total. The molecule has 0 fully saturated rings. The highest BCUT2D eigenvalue weighted by atomic mass is 32.2. The van der Waals surface area contributed by atoms with E-state index in [-0.39, 0.29) is 4.90 Å². The van der Waals surface area contributed by atoms with Crippen LogP contribution in [0.3, 0.4) is 0 Å². The molecule has 0 amide bonds. The van der Waals surface area contributed by atoms with E-state index in [0.717, 1.165) is 33.5 Å². The number of fused-ring (bicyclic) bond motifs is 1. The number of nitrogens with one attached hydrogen (secondary N) is 1. The fourth-order valence-electron chi connectivity index (χ4n) is 2.06. The van der Waals surface area contributed by atoms with Gasteiger partial charge < -0.3 is 0 Å². The van der Waals surface area contributed by atoms with Crippen LogP contribution in [0.1, 0.15) is 11.1 Å². The van der Waals surface area contributed by atoms with E-state index in [0.29, 0.717) is 5.13 Å². The fraction of sp³-hybridized carbons (Fsp3) is 0.133. The second kappa shape index (κ2) is 5.33. The minimum atomic E-state index is -3.77. The van der Waals surface area contributed by atoms with E-state index in [9.17, 15) is 12.8 Å². The van der Waals surface area contributed by atoms with Crippen molar-refractivity contribution in [3.8, 4) is 0 Å². The lowest BCUT2D eigenvalue weighted by molar-refractivity contribution is 0.599. The number of thiazole rings is 1. The van der Waals surface area contributed by atoms with Crippen LogP contribution in [-0.2, 0) is 10.0 Å². The van der Waals surface area contributed by atoms with Crippen LogP contribution in [-0.4, -0.2) is 13.4 Å². The number of anilines is 1. The zero-order valence-electron chi connectivity index (χ0n) is 11.9. The molecule has 0 bridgehead atoms. The Bertz CT molecular complexity index is 948. The molecule has 1 heterocycles. The first kappa shape index (κ1) is 14.9. The molecule has 114 valence electrons. The lowest BCUT2D eigenvalue weighted by Gasteiger charge is -2.04. The van der Waals surface area contributed by atoms with Crippen molar-refractivity contribution >= 4 is 36.7 Å². The summed E-state index contributed by atoms with van der Waals surface area (Å²) >= 11 is 1.27. The average Bonchev–Trinajstić information content (AvgIpc) is 2.86. The number of benzene rings is 2. The third-order valence-corrected chi connectivity index (χ3v) is 5.85. The predicted octanol–water partition coefficient (Wildman–Crippen LogP) is 3.85. The molecule has 0 radical (unpaired) electrons. The smallest absolute Gasteiger partial charge is 0.255 e. The van der Waals surface area contributed by atoms with E-state index in [1.165, 1.54) is 23.5 Å². The summed E-state index contributed by atoms with van der Waals surface area (Å²) in [5, 5.41) is 0.299. The van der Waals surface area contributed by atoms with Gasteiger partial charge in [0.2, 0.25) is 0 Å². The van der Waals surface area contributed by atoms with Crippen LogP contribution >= 0.6 is 11.3 Å². The van der Waals surface area contributed by atoms with E-state index in [4.69, 9.17) is 0 Å². The van der Waals surface area contributed by atoms with Crippen molar-refractivity contribution in [2.45, 2.75) is 18.7 Å². The van der Waals surface area contributed by atoms with Crippen LogP contribution in [0.4, 0.5) is 9.52 Å². The average molecular weight is 336 g/mol. The number of aryl methyl sites for hydroxylation is 2. The summed E-state index contributed by atoms with van der Waals surface area (Å²) in [6.45, 7) is 3.94. The normalized spacial score (nSPS) is 11.8. The molecule has 3 aromatic rings. The third-order valence-electron chi connectivity index (χ3n) is 3.43. The van der Waals surface area contributed by atoms with Crippen LogP contribution in [0.15, 0.2) is 41.3 Å². The van der Waals surface area contributed by atoms with Crippen molar-refractivity contribution in [3.05, 3.63) is 53.3 Å². The molecule has 1 aromatic heterocycles. The summed E-state index contributed by atoms with van der Waals surface area (Å²) < 4.78 is 40.8. The van der Waals surface area contributed by atoms with E-state index in [1.54, 1.807) is 0 Å². The van der Waals surface area contributed by atoms with Crippen LogP contribution in [0.5, 0.6) is 0 Å². The molecule has 22 heavy (non-hydrogen) atoms. The van der Waals surface area contributed by atoms with Crippen LogP contribution in [0.25, 0.3) is 10.2 Å². The number of hydrogen-bond acceptors (Lipinski definition) is 4. The van der Waals surface area contributed by atoms with Gasteiger partial charge in [-0.05, 0) is 55.3 Å². The van der Waals surface area contributed by atoms with Gasteiger partial charge in [-0.2, -0.15) is 0 Å². The Morgan fingerprint density at radius 3 is 2.45 bits per heavy atom. The van der Waals surface area contributed by atoms with Crippen molar-refractivity contribution in [1.82, 2.24) is 4.98 Å². The van der Waals surface area contributed by atoms with E-state index >= 15 is 0 Å². The summed E-state index contributed by atoms with van der Waals surface area (Å²) in [6.07, 6.45) is 0. The van der Waals surface area contributed by atoms with Gasteiger partial charge in [0.15, 0.2) is 5.13 Å². The summed E-state index contributed by atoms with van der Waals surface area (Å²) in [6, 6.07) is 8.57. The SMILES string of the molecule is Cc1ccc2sc(NS(=O)(=O)c3ccc(F)cc3)nc2c1C. The molecule has 0 aliphatic carbocycles. The maximum atomic E-state index is 12.9. The van der Waals surface area contributed by atoms with Crippen molar-refractivity contribution in [2.24, 2.45) is 0 Å². The first-order valence-corrected chi connectivity index (χ1v) is 8.82. The Labute approximate surface area is 131 Å². The Hall–Kier alpha value is -1.99. The molecule has 1 N–H and O–H groups in total. The van der Waals surface area contributed by atoms with Crippen molar-refractivity contribution in [1.29, 1.82) is 0 Å². The lowest BCUT2D eigenvalue weighted by atomic mass is 10.1. The van der Waals surface area contributed by atoms with Crippen LogP contribution in [0.2, 0.25) is 0 Å². The molecule has 0 saturated carbocycles. The zero-order valence-corrected chi connectivity index (χ0v) is 13.6. The largest absolute Gasteiger partial charge is 0.263 e. The Balaban J connectivity index is 1.99. The standard InChI is InChI=1S/C15H13FN2O2S2/c1-9-3-8-13-14(10(9)2)17-15(21-13)18-22(19,20)12-6-4-11(16)5-7-12/h3-8H,1-2H3,(H,17,18). The maximum Gasteiger partial charge on any atom is 0.263 e. The summed E-state index contributed by atoms with van der Waals surface area (Å²) in [5.41, 5.74) is 2.92. The van der Waals surface area contributed by atoms with Crippen molar-refractivity contribution in [3.63, 3.8) is 0 Å². The number of rotatable bonds is 3. The van der Waals surface area contributed by atoms with Gasteiger partial charge in [-0.1, -0.05) is 17.4 Å². The van der Waals surface area contributed by atoms with Gasteiger partial charge in [-0.3, -0.25) is 4.72 Å². The quantitative estimate of drug-likeness (QED) is 0.790. The van der Waals surface area contributed by atoms with Gasteiger partial charge in [0.25, 0.3) is 10.0 Å². The molecule has 0 saturated heterocycles. The highest BCUT2D eigenvalue weighted by Crippen LogP contribution is 2.30. The van der Waals surface area contributed by atoms with Crippen LogP contribution in [0, 0.1) is 19.7 Å². The third kappa shape index (κ3) is 2.69. The number of nitrogens with zero attached hydrogens (tertiary/aromatic N) is 1. The molecule has 2 aromatic carbocycles. The number of sulfonamides is 1. The van der Waals surface area contributed by atoms with Gasteiger partial charge in [-0.25, -0.2) is 17.8 Å². The van der Waals surface area contributed by atoms with Crippen molar-refractivity contribution < 1.29 is 12.8 Å². The lowest BCUT2D eigenvalue weighted by Crippen LogP contribution is -2.12. The molecule has 0 spiro atoms. The van der Waals surface area contributed by atoms with Gasteiger partial charge in [-0.15, -0.1) is 0 Å². The summed E-state index contributed by atoms with van der Waals surface area (Å²) in [5.74, 6) is -0.481. The highest BCUT2D eigenvalue weighted by Gasteiger charge is 2.17.